The average Bonchev–Trinajstić information content (AvgIpc) is 3.05. The molecule has 0 saturated heterocycles. The van der Waals surface area contributed by atoms with Gasteiger partial charge in [0.15, 0.2) is 5.69 Å². The monoisotopic (exact) mass is 427 g/mol. The summed E-state index contributed by atoms with van der Waals surface area (Å²) in [4.78, 5) is 12.3. The van der Waals surface area contributed by atoms with Gasteiger partial charge in [0.25, 0.3) is 5.91 Å². The quantitative estimate of drug-likeness (QED) is 0.610. The van der Waals surface area contributed by atoms with E-state index >= 15 is 0 Å². The number of hydrogen-bond donors (Lipinski definition) is 1. The molecule has 1 amide bonds. The highest BCUT2D eigenvalue weighted by atomic mass is 35.5. The Kier molecular flexibility index (Phi) is 5.67. The lowest BCUT2D eigenvalue weighted by atomic mass is 9.99. The highest BCUT2D eigenvalue weighted by Gasteiger charge is 2.38. The van der Waals surface area contributed by atoms with Crippen molar-refractivity contribution < 1.29 is 18.0 Å². The fourth-order valence-corrected chi connectivity index (χ4v) is 3.05. The molecule has 0 saturated carbocycles. The minimum atomic E-state index is -4.72. The molecule has 4 nitrogen and oxygen atoms in total. The van der Waals surface area contributed by atoms with Crippen LogP contribution in [0.15, 0.2) is 48.7 Å². The van der Waals surface area contributed by atoms with Crippen LogP contribution in [0.25, 0.3) is 11.1 Å². The predicted octanol–water partition coefficient (Wildman–Crippen LogP) is 5.34. The molecule has 0 aliphatic carbocycles. The molecular weight excluding hydrogens is 414 g/mol. The summed E-state index contributed by atoms with van der Waals surface area (Å²) < 4.78 is 40.1. The van der Waals surface area contributed by atoms with E-state index in [9.17, 15) is 18.0 Å². The maximum atomic E-state index is 13.1. The molecule has 1 aromatic heterocycles. The van der Waals surface area contributed by atoms with Gasteiger partial charge in [0.05, 0.1) is 15.6 Å². The molecular formula is C19H14Cl2F3N3O. The van der Waals surface area contributed by atoms with Crippen molar-refractivity contribution >= 4 is 29.1 Å². The van der Waals surface area contributed by atoms with Gasteiger partial charge in [-0.2, -0.15) is 18.3 Å². The molecule has 0 spiro atoms. The largest absolute Gasteiger partial charge is 0.435 e. The molecule has 3 rings (SSSR count). The standard InChI is InChI=1S/C19H14Cl2F3N3O/c1-27-10-14(17(26-27)19(22,23)24)18(28)25-9-12-4-2-3-5-13(12)11-6-7-15(20)16(21)8-11/h2-8,10H,9H2,1H3,(H,25,28). The molecule has 28 heavy (non-hydrogen) atoms. The molecule has 0 aliphatic rings. The summed E-state index contributed by atoms with van der Waals surface area (Å²) in [5.41, 5.74) is 0.527. The topological polar surface area (TPSA) is 46.9 Å². The second kappa shape index (κ2) is 7.85. The van der Waals surface area contributed by atoms with E-state index in [0.717, 1.165) is 22.0 Å². The number of carbonyl (C=O) groups excluding carboxylic acids is 1. The molecule has 1 N–H and O–H groups in total. The Morgan fingerprint density at radius 2 is 1.86 bits per heavy atom. The molecule has 146 valence electrons. The van der Waals surface area contributed by atoms with E-state index in [4.69, 9.17) is 23.2 Å². The lowest BCUT2D eigenvalue weighted by Crippen LogP contribution is -2.25. The van der Waals surface area contributed by atoms with Crippen LogP contribution in [0, 0.1) is 0 Å². The van der Waals surface area contributed by atoms with Gasteiger partial charge in [-0.1, -0.05) is 53.5 Å². The van der Waals surface area contributed by atoms with E-state index in [-0.39, 0.29) is 6.54 Å². The summed E-state index contributed by atoms with van der Waals surface area (Å²) in [6, 6.07) is 12.3. The first-order chi connectivity index (χ1) is 13.2. The van der Waals surface area contributed by atoms with Crippen molar-refractivity contribution in [1.82, 2.24) is 15.1 Å². The summed E-state index contributed by atoms with van der Waals surface area (Å²) in [6.45, 7) is 0.0292. The molecule has 0 aliphatic heterocycles. The van der Waals surface area contributed by atoms with Crippen LogP contribution in [-0.2, 0) is 19.8 Å². The van der Waals surface area contributed by atoms with Crippen molar-refractivity contribution in [2.24, 2.45) is 7.05 Å². The first-order valence-electron chi connectivity index (χ1n) is 8.09. The molecule has 0 unspecified atom stereocenters. The van der Waals surface area contributed by atoms with Gasteiger partial charge in [-0.15, -0.1) is 0 Å². The minimum absolute atomic E-state index is 0.0292. The van der Waals surface area contributed by atoms with Crippen molar-refractivity contribution in [2.75, 3.05) is 0 Å². The SMILES string of the molecule is Cn1cc(C(=O)NCc2ccccc2-c2ccc(Cl)c(Cl)c2)c(C(F)(F)F)n1. The van der Waals surface area contributed by atoms with E-state index in [0.29, 0.717) is 15.6 Å². The van der Waals surface area contributed by atoms with Gasteiger partial charge in [-0.25, -0.2) is 0 Å². The predicted molar refractivity (Wildman–Crippen MR) is 101 cm³/mol. The number of amides is 1. The average molecular weight is 428 g/mol. The van der Waals surface area contributed by atoms with E-state index in [2.05, 4.69) is 10.4 Å². The number of aromatic nitrogens is 2. The zero-order chi connectivity index (χ0) is 20.5. The zero-order valence-corrected chi connectivity index (χ0v) is 16.0. The van der Waals surface area contributed by atoms with Crippen LogP contribution in [-0.4, -0.2) is 15.7 Å². The van der Waals surface area contributed by atoms with Crippen LogP contribution in [0.3, 0.4) is 0 Å². The Morgan fingerprint density at radius 3 is 2.54 bits per heavy atom. The van der Waals surface area contributed by atoms with Crippen LogP contribution in [0.1, 0.15) is 21.6 Å². The van der Waals surface area contributed by atoms with Crippen LogP contribution in [0.2, 0.25) is 10.0 Å². The lowest BCUT2D eigenvalue weighted by molar-refractivity contribution is -0.141. The highest BCUT2D eigenvalue weighted by Crippen LogP contribution is 2.32. The van der Waals surface area contributed by atoms with E-state index in [1.165, 1.54) is 7.05 Å². The van der Waals surface area contributed by atoms with E-state index in [1.54, 1.807) is 30.3 Å². The summed E-state index contributed by atoms with van der Waals surface area (Å²) in [5, 5.41) is 6.66. The smallest absolute Gasteiger partial charge is 0.348 e. The summed E-state index contributed by atoms with van der Waals surface area (Å²) >= 11 is 12.0. The Labute approximate surface area is 168 Å². The summed E-state index contributed by atoms with van der Waals surface area (Å²) in [5.74, 6) is -0.857. The lowest BCUT2D eigenvalue weighted by Gasteiger charge is -2.12. The van der Waals surface area contributed by atoms with Crippen LogP contribution < -0.4 is 5.32 Å². The number of alkyl halides is 3. The minimum Gasteiger partial charge on any atom is -0.348 e. The number of halogens is 5. The van der Waals surface area contributed by atoms with Gasteiger partial charge in [-0.05, 0) is 28.8 Å². The van der Waals surface area contributed by atoms with Gasteiger partial charge in [-0.3, -0.25) is 9.48 Å². The number of rotatable bonds is 4. The summed E-state index contributed by atoms with van der Waals surface area (Å²) in [6.07, 6.45) is -3.67. The van der Waals surface area contributed by atoms with E-state index in [1.807, 2.05) is 12.1 Å². The van der Waals surface area contributed by atoms with Crippen molar-refractivity contribution in [2.45, 2.75) is 12.7 Å². The normalized spacial score (nSPS) is 11.5. The van der Waals surface area contributed by atoms with Gasteiger partial charge in [0.2, 0.25) is 0 Å². The number of carbonyl (C=O) groups is 1. The fraction of sp³-hybridized carbons (Fsp3) is 0.158. The number of aryl methyl sites for hydroxylation is 1. The highest BCUT2D eigenvalue weighted by molar-refractivity contribution is 6.42. The molecule has 9 heteroatoms. The van der Waals surface area contributed by atoms with Gasteiger partial charge in [0, 0.05) is 19.8 Å². The maximum Gasteiger partial charge on any atom is 0.435 e. The second-order valence-electron chi connectivity index (χ2n) is 6.03. The molecule has 2 aromatic carbocycles. The Hall–Kier alpha value is -2.51. The first kappa shape index (κ1) is 20.2. The van der Waals surface area contributed by atoms with Crippen LogP contribution in [0.4, 0.5) is 13.2 Å². The first-order valence-corrected chi connectivity index (χ1v) is 8.85. The van der Waals surface area contributed by atoms with E-state index < -0.39 is 23.3 Å². The fourth-order valence-electron chi connectivity index (χ4n) is 2.75. The number of hydrogen-bond acceptors (Lipinski definition) is 2. The van der Waals surface area contributed by atoms with Crippen molar-refractivity contribution in [3.8, 4) is 11.1 Å². The third-order valence-corrected chi connectivity index (χ3v) is 4.77. The third-order valence-electron chi connectivity index (χ3n) is 4.03. The molecule has 0 radical (unpaired) electrons. The summed E-state index contributed by atoms with van der Waals surface area (Å²) in [7, 11) is 1.32. The number of benzene rings is 2. The molecule has 1 heterocycles. The Morgan fingerprint density at radius 1 is 1.14 bits per heavy atom. The number of nitrogens with zero attached hydrogens (tertiary/aromatic N) is 2. The zero-order valence-electron chi connectivity index (χ0n) is 14.5. The Balaban J connectivity index is 1.85. The number of nitrogens with one attached hydrogen (secondary N) is 1. The van der Waals surface area contributed by atoms with Gasteiger partial charge >= 0.3 is 6.18 Å². The molecule has 0 atom stereocenters. The molecule has 3 aromatic rings. The third kappa shape index (κ3) is 4.31. The van der Waals surface area contributed by atoms with Crippen molar-refractivity contribution in [3.05, 3.63) is 75.5 Å². The molecule has 0 fully saturated rings. The van der Waals surface area contributed by atoms with Crippen LogP contribution >= 0.6 is 23.2 Å². The molecule has 0 bridgehead atoms. The van der Waals surface area contributed by atoms with Crippen molar-refractivity contribution in [3.63, 3.8) is 0 Å². The van der Waals surface area contributed by atoms with Crippen LogP contribution in [0.5, 0.6) is 0 Å². The van der Waals surface area contributed by atoms with Gasteiger partial charge in [0.1, 0.15) is 0 Å². The Bertz CT molecular complexity index is 1030. The second-order valence-corrected chi connectivity index (χ2v) is 6.85. The maximum absolute atomic E-state index is 13.1. The van der Waals surface area contributed by atoms with Gasteiger partial charge < -0.3 is 5.32 Å². The van der Waals surface area contributed by atoms with Crippen molar-refractivity contribution in [1.29, 1.82) is 0 Å².